The monoisotopic (exact) mass is 323 g/mol. The number of para-hydroxylation sites is 1. The number of rotatable bonds is 1. The SMILES string of the molecule is CC(=O)N1C=CC(c2cccs2)c2c1oc1ccccc1c2=O. The Morgan fingerprint density at radius 1 is 1.22 bits per heavy atom. The molecule has 0 saturated heterocycles. The number of carbonyl (C=O) groups is 1. The lowest BCUT2D eigenvalue weighted by Gasteiger charge is -2.26. The van der Waals surface area contributed by atoms with Gasteiger partial charge >= 0.3 is 0 Å². The number of benzene rings is 1. The molecule has 2 aromatic heterocycles. The minimum atomic E-state index is -0.193. The third-order valence-corrected chi connectivity index (χ3v) is 4.92. The third-order valence-electron chi connectivity index (χ3n) is 3.96. The second-order valence-corrected chi connectivity index (χ2v) is 6.35. The predicted octanol–water partition coefficient (Wildman–Crippen LogP) is 3.87. The van der Waals surface area contributed by atoms with Gasteiger partial charge in [-0.05, 0) is 23.6 Å². The van der Waals surface area contributed by atoms with Gasteiger partial charge in [0.2, 0.25) is 11.8 Å². The van der Waals surface area contributed by atoms with Gasteiger partial charge in [0.15, 0.2) is 5.43 Å². The standard InChI is InChI=1S/C18H13NO3S/c1-11(20)19-9-8-13(15-7-4-10-23-15)16-17(21)12-5-2-3-6-14(12)22-18(16)19/h2-10,13H,1H3. The summed E-state index contributed by atoms with van der Waals surface area (Å²) >= 11 is 1.58. The average molecular weight is 323 g/mol. The Morgan fingerprint density at radius 2 is 2.04 bits per heavy atom. The van der Waals surface area contributed by atoms with Crippen LogP contribution in [0, 0.1) is 0 Å². The molecular weight excluding hydrogens is 310 g/mol. The van der Waals surface area contributed by atoms with Gasteiger partial charge in [0.1, 0.15) is 5.58 Å². The Kier molecular flexibility index (Phi) is 3.16. The molecule has 0 radical (unpaired) electrons. The molecule has 1 amide bonds. The van der Waals surface area contributed by atoms with Gasteiger partial charge in [0.05, 0.1) is 10.9 Å². The van der Waals surface area contributed by atoms with Crippen LogP contribution in [0.2, 0.25) is 0 Å². The number of fused-ring (bicyclic) bond motifs is 2. The molecule has 3 heterocycles. The molecule has 23 heavy (non-hydrogen) atoms. The zero-order valence-electron chi connectivity index (χ0n) is 12.4. The summed E-state index contributed by atoms with van der Waals surface area (Å²) < 4.78 is 5.93. The van der Waals surface area contributed by atoms with Crippen LogP contribution in [0.25, 0.3) is 11.0 Å². The third kappa shape index (κ3) is 2.12. The van der Waals surface area contributed by atoms with Gasteiger partial charge in [-0.15, -0.1) is 11.3 Å². The molecule has 4 nitrogen and oxygen atoms in total. The number of amides is 1. The van der Waals surface area contributed by atoms with E-state index in [1.54, 1.807) is 29.7 Å². The van der Waals surface area contributed by atoms with E-state index in [0.29, 0.717) is 22.4 Å². The Bertz CT molecular complexity index is 985. The van der Waals surface area contributed by atoms with Crippen molar-refractivity contribution in [3.8, 4) is 0 Å². The molecule has 1 atom stereocenters. The van der Waals surface area contributed by atoms with Crippen LogP contribution in [0.3, 0.4) is 0 Å². The number of anilines is 1. The fourth-order valence-corrected chi connectivity index (χ4v) is 3.70. The molecular formula is C18H13NO3S. The van der Waals surface area contributed by atoms with Crippen LogP contribution >= 0.6 is 11.3 Å². The lowest BCUT2D eigenvalue weighted by Crippen LogP contribution is -2.30. The van der Waals surface area contributed by atoms with Crippen molar-refractivity contribution in [2.75, 3.05) is 4.90 Å². The van der Waals surface area contributed by atoms with Crippen LogP contribution < -0.4 is 10.3 Å². The fourth-order valence-electron chi connectivity index (χ4n) is 2.89. The zero-order valence-corrected chi connectivity index (χ0v) is 13.2. The minimum Gasteiger partial charge on any atom is -0.439 e. The molecule has 5 heteroatoms. The maximum atomic E-state index is 13.0. The highest BCUT2D eigenvalue weighted by Crippen LogP contribution is 2.38. The van der Waals surface area contributed by atoms with Gasteiger partial charge in [-0.3, -0.25) is 14.5 Å². The summed E-state index contributed by atoms with van der Waals surface area (Å²) in [5.41, 5.74) is 0.919. The topological polar surface area (TPSA) is 50.5 Å². The maximum absolute atomic E-state index is 13.0. The lowest BCUT2D eigenvalue weighted by molar-refractivity contribution is -0.116. The summed E-state index contributed by atoms with van der Waals surface area (Å²) in [4.78, 5) is 27.4. The van der Waals surface area contributed by atoms with E-state index in [2.05, 4.69) is 0 Å². The smallest absolute Gasteiger partial charge is 0.230 e. The van der Waals surface area contributed by atoms with Crippen LogP contribution in [0.5, 0.6) is 0 Å². The van der Waals surface area contributed by atoms with Crippen LogP contribution in [0.1, 0.15) is 23.3 Å². The van der Waals surface area contributed by atoms with E-state index in [1.165, 1.54) is 11.8 Å². The van der Waals surface area contributed by atoms with E-state index in [0.717, 1.165) is 4.88 Å². The van der Waals surface area contributed by atoms with Crippen molar-refractivity contribution < 1.29 is 9.21 Å². The number of nitrogens with zero attached hydrogens (tertiary/aromatic N) is 1. The highest BCUT2D eigenvalue weighted by molar-refractivity contribution is 7.10. The Labute approximate surface area is 136 Å². The van der Waals surface area contributed by atoms with E-state index >= 15 is 0 Å². The molecule has 114 valence electrons. The molecule has 3 aromatic rings. The minimum absolute atomic E-state index is 0.0872. The number of allylic oxidation sites excluding steroid dienone is 1. The first-order valence-electron chi connectivity index (χ1n) is 7.24. The Balaban J connectivity index is 2.06. The van der Waals surface area contributed by atoms with Crippen molar-refractivity contribution in [3.63, 3.8) is 0 Å². The summed E-state index contributed by atoms with van der Waals surface area (Å²) in [5.74, 6) is -0.0610. The fraction of sp³-hybridized carbons (Fsp3) is 0.111. The summed E-state index contributed by atoms with van der Waals surface area (Å²) in [7, 11) is 0. The van der Waals surface area contributed by atoms with E-state index in [1.807, 2.05) is 35.7 Å². The van der Waals surface area contributed by atoms with Crippen molar-refractivity contribution in [1.29, 1.82) is 0 Å². The van der Waals surface area contributed by atoms with Gasteiger partial charge in [-0.25, -0.2) is 0 Å². The molecule has 0 saturated carbocycles. The van der Waals surface area contributed by atoms with Crippen molar-refractivity contribution in [2.24, 2.45) is 0 Å². The molecule has 0 N–H and O–H groups in total. The van der Waals surface area contributed by atoms with Gasteiger partial charge in [0, 0.05) is 23.9 Å². The Hall–Kier alpha value is -2.66. The number of thiophene rings is 1. The van der Waals surface area contributed by atoms with Crippen molar-refractivity contribution in [1.82, 2.24) is 0 Å². The van der Waals surface area contributed by atoms with Gasteiger partial charge < -0.3 is 4.42 Å². The summed E-state index contributed by atoms with van der Waals surface area (Å²) in [6.45, 7) is 1.45. The second-order valence-electron chi connectivity index (χ2n) is 5.37. The average Bonchev–Trinajstić information content (AvgIpc) is 3.08. The Morgan fingerprint density at radius 3 is 2.78 bits per heavy atom. The van der Waals surface area contributed by atoms with Gasteiger partial charge in [0.25, 0.3) is 0 Å². The van der Waals surface area contributed by atoms with E-state index in [9.17, 15) is 9.59 Å². The van der Waals surface area contributed by atoms with E-state index < -0.39 is 0 Å². The van der Waals surface area contributed by atoms with E-state index in [-0.39, 0.29) is 17.3 Å². The summed E-state index contributed by atoms with van der Waals surface area (Å²) in [5, 5.41) is 2.51. The molecule has 4 rings (SSSR count). The van der Waals surface area contributed by atoms with Crippen LogP contribution in [-0.4, -0.2) is 5.91 Å². The highest BCUT2D eigenvalue weighted by Gasteiger charge is 2.30. The first-order chi connectivity index (χ1) is 11.2. The maximum Gasteiger partial charge on any atom is 0.230 e. The first kappa shape index (κ1) is 14.0. The van der Waals surface area contributed by atoms with Gasteiger partial charge in [-0.1, -0.05) is 24.3 Å². The first-order valence-corrected chi connectivity index (χ1v) is 8.12. The van der Waals surface area contributed by atoms with Crippen molar-refractivity contribution >= 4 is 34.1 Å². The largest absolute Gasteiger partial charge is 0.439 e. The number of carbonyl (C=O) groups excluding carboxylic acids is 1. The quantitative estimate of drug-likeness (QED) is 0.683. The van der Waals surface area contributed by atoms with Crippen LogP contribution in [0.4, 0.5) is 5.88 Å². The molecule has 1 unspecified atom stereocenters. The molecule has 1 aliphatic heterocycles. The number of hydrogen-bond acceptors (Lipinski definition) is 4. The molecule has 0 bridgehead atoms. The molecule has 0 aliphatic carbocycles. The highest BCUT2D eigenvalue weighted by atomic mass is 32.1. The van der Waals surface area contributed by atoms with Crippen molar-refractivity contribution in [2.45, 2.75) is 12.8 Å². The summed E-state index contributed by atoms with van der Waals surface area (Å²) in [6, 6.07) is 11.1. The van der Waals surface area contributed by atoms with Crippen molar-refractivity contribution in [3.05, 3.63) is 74.7 Å². The molecule has 1 aromatic carbocycles. The normalized spacial score (nSPS) is 16.6. The number of hydrogen-bond donors (Lipinski definition) is 0. The second kappa shape index (κ2) is 5.21. The van der Waals surface area contributed by atoms with Crippen LogP contribution in [-0.2, 0) is 4.79 Å². The predicted molar refractivity (Wildman–Crippen MR) is 90.9 cm³/mol. The summed E-state index contributed by atoms with van der Waals surface area (Å²) in [6.07, 6.45) is 3.56. The molecule has 0 spiro atoms. The lowest BCUT2D eigenvalue weighted by atomic mass is 9.94. The van der Waals surface area contributed by atoms with Gasteiger partial charge in [-0.2, -0.15) is 0 Å². The van der Waals surface area contributed by atoms with E-state index in [4.69, 9.17) is 4.42 Å². The molecule has 1 aliphatic rings. The molecule has 0 fully saturated rings. The zero-order chi connectivity index (χ0) is 16.0. The van der Waals surface area contributed by atoms with Crippen LogP contribution in [0.15, 0.2) is 63.3 Å².